The molecule has 1 aromatic heterocycles. The van der Waals surface area contributed by atoms with Gasteiger partial charge in [0.1, 0.15) is 6.29 Å². The lowest BCUT2D eigenvalue weighted by molar-refractivity contribution is -0.124. The molecule has 1 aliphatic carbocycles. The van der Waals surface area contributed by atoms with Gasteiger partial charge in [-0.05, 0) is 54.2 Å². The van der Waals surface area contributed by atoms with Crippen molar-refractivity contribution in [3.05, 3.63) is 59.3 Å². The number of amides is 1. The van der Waals surface area contributed by atoms with Crippen molar-refractivity contribution in [2.75, 3.05) is 20.5 Å². The van der Waals surface area contributed by atoms with Crippen LogP contribution < -0.4 is 14.8 Å². The Morgan fingerprint density at radius 1 is 1.24 bits per heavy atom. The van der Waals surface area contributed by atoms with E-state index in [1.807, 2.05) is 30.5 Å². The van der Waals surface area contributed by atoms with Gasteiger partial charge in [-0.3, -0.25) is 4.79 Å². The van der Waals surface area contributed by atoms with Crippen molar-refractivity contribution in [2.45, 2.75) is 31.7 Å². The average Bonchev–Trinajstić information content (AvgIpc) is 3.46. The number of carbonyl (C=O) groups excluding carboxylic acids is 2. The number of nitrogens with one attached hydrogen (secondary N) is 2. The summed E-state index contributed by atoms with van der Waals surface area (Å²) in [5.41, 5.74) is 4.31. The van der Waals surface area contributed by atoms with Gasteiger partial charge < -0.3 is 29.3 Å². The van der Waals surface area contributed by atoms with E-state index in [0.717, 1.165) is 35.8 Å². The molecule has 0 saturated heterocycles. The molecule has 1 aliphatic heterocycles. The standard InChI is InChI=1S/C26H28N2O5/c1-31-14-21-18(13-29)9-17-10-23-24(33-15-32-23)11-20(17)26(21)28-25(30)8-4-5-16-12-27-22-7-3-2-6-19(16)22/h2-3,6-7,10-13,18,21,26-27H,4-5,8-9,14-15H2,1H3,(H,28,30)/t18-,21?,26?/m0/s1. The van der Waals surface area contributed by atoms with Crippen molar-refractivity contribution in [1.29, 1.82) is 0 Å². The zero-order valence-corrected chi connectivity index (χ0v) is 18.6. The number of fused-ring (bicyclic) bond motifs is 3. The summed E-state index contributed by atoms with van der Waals surface area (Å²) < 4.78 is 16.5. The van der Waals surface area contributed by atoms with Gasteiger partial charge in [-0.2, -0.15) is 0 Å². The maximum Gasteiger partial charge on any atom is 0.231 e. The lowest BCUT2D eigenvalue weighted by Gasteiger charge is -2.37. The van der Waals surface area contributed by atoms with E-state index in [9.17, 15) is 9.59 Å². The van der Waals surface area contributed by atoms with Crippen LogP contribution in [-0.2, 0) is 27.2 Å². The number of para-hydroxylation sites is 1. The maximum atomic E-state index is 13.0. The minimum absolute atomic E-state index is 0.0314. The summed E-state index contributed by atoms with van der Waals surface area (Å²) >= 11 is 0. The molecule has 172 valence electrons. The van der Waals surface area contributed by atoms with E-state index < -0.39 is 0 Å². The molecule has 0 bridgehead atoms. The van der Waals surface area contributed by atoms with Crippen molar-refractivity contribution in [3.63, 3.8) is 0 Å². The van der Waals surface area contributed by atoms with E-state index in [1.54, 1.807) is 7.11 Å². The van der Waals surface area contributed by atoms with Gasteiger partial charge >= 0.3 is 0 Å². The Bertz CT molecular complexity index is 1170. The van der Waals surface area contributed by atoms with Crippen LogP contribution in [0.15, 0.2) is 42.6 Å². The third-order valence-electron chi connectivity index (χ3n) is 6.78. The maximum absolute atomic E-state index is 13.0. The number of aromatic amines is 1. The van der Waals surface area contributed by atoms with Crippen molar-refractivity contribution in [3.8, 4) is 11.5 Å². The monoisotopic (exact) mass is 448 g/mol. The van der Waals surface area contributed by atoms with Crippen LogP contribution in [0, 0.1) is 11.8 Å². The quantitative estimate of drug-likeness (QED) is 0.513. The number of ether oxygens (including phenoxy) is 3. The Hall–Kier alpha value is -3.32. The molecule has 1 amide bonds. The summed E-state index contributed by atoms with van der Waals surface area (Å²) in [6, 6.07) is 11.7. The topological polar surface area (TPSA) is 89.7 Å². The van der Waals surface area contributed by atoms with Crippen LogP contribution in [0.3, 0.4) is 0 Å². The number of aldehydes is 1. The van der Waals surface area contributed by atoms with Crippen molar-refractivity contribution in [2.24, 2.45) is 11.8 Å². The van der Waals surface area contributed by atoms with E-state index in [-0.39, 0.29) is 30.6 Å². The Balaban J connectivity index is 1.31. The van der Waals surface area contributed by atoms with Gasteiger partial charge in [0.15, 0.2) is 11.5 Å². The van der Waals surface area contributed by atoms with E-state index in [2.05, 4.69) is 22.4 Å². The molecule has 2 unspecified atom stereocenters. The van der Waals surface area contributed by atoms with Gasteiger partial charge in [0.2, 0.25) is 12.7 Å². The predicted molar refractivity (Wildman–Crippen MR) is 123 cm³/mol. The van der Waals surface area contributed by atoms with Crippen LogP contribution in [0.25, 0.3) is 10.9 Å². The van der Waals surface area contributed by atoms with Crippen molar-refractivity contribution in [1.82, 2.24) is 10.3 Å². The summed E-state index contributed by atoms with van der Waals surface area (Å²) in [6.45, 7) is 0.569. The molecule has 0 saturated carbocycles. The first-order valence-corrected chi connectivity index (χ1v) is 11.4. The minimum Gasteiger partial charge on any atom is -0.454 e. The Labute approximate surface area is 192 Å². The van der Waals surface area contributed by atoms with Gasteiger partial charge in [0.25, 0.3) is 0 Å². The number of aryl methyl sites for hydroxylation is 1. The van der Waals surface area contributed by atoms with Gasteiger partial charge in [0, 0.05) is 42.5 Å². The largest absolute Gasteiger partial charge is 0.454 e. The molecule has 2 N–H and O–H groups in total. The van der Waals surface area contributed by atoms with Gasteiger partial charge in [0.05, 0.1) is 12.6 Å². The molecule has 5 rings (SSSR count). The van der Waals surface area contributed by atoms with Crippen LogP contribution in [-0.4, -0.2) is 37.7 Å². The average molecular weight is 449 g/mol. The number of H-pyrrole nitrogens is 1. The number of aromatic nitrogens is 1. The number of methoxy groups -OCH3 is 1. The summed E-state index contributed by atoms with van der Waals surface area (Å²) in [6.07, 6.45) is 5.55. The summed E-state index contributed by atoms with van der Waals surface area (Å²) in [5, 5.41) is 4.40. The van der Waals surface area contributed by atoms with Gasteiger partial charge in [-0.15, -0.1) is 0 Å². The summed E-state index contributed by atoms with van der Waals surface area (Å²) in [4.78, 5) is 28.2. The molecule has 3 aromatic rings. The number of rotatable bonds is 8. The lowest BCUT2D eigenvalue weighted by atomic mass is 9.73. The number of hydrogen-bond acceptors (Lipinski definition) is 5. The second-order valence-corrected chi connectivity index (χ2v) is 8.79. The van der Waals surface area contributed by atoms with Gasteiger partial charge in [-0.1, -0.05) is 18.2 Å². The number of carbonyl (C=O) groups is 2. The van der Waals surface area contributed by atoms with Gasteiger partial charge in [-0.25, -0.2) is 0 Å². The fourth-order valence-corrected chi connectivity index (χ4v) is 5.12. The molecule has 2 aromatic carbocycles. The van der Waals surface area contributed by atoms with Crippen molar-refractivity contribution < 1.29 is 23.8 Å². The van der Waals surface area contributed by atoms with E-state index in [4.69, 9.17) is 14.2 Å². The molecule has 0 radical (unpaired) electrons. The first kappa shape index (κ1) is 21.5. The second-order valence-electron chi connectivity index (χ2n) is 8.79. The Kier molecular flexibility index (Phi) is 6.05. The zero-order chi connectivity index (χ0) is 22.8. The van der Waals surface area contributed by atoms with Crippen LogP contribution in [0.5, 0.6) is 11.5 Å². The smallest absolute Gasteiger partial charge is 0.231 e. The highest BCUT2D eigenvalue weighted by atomic mass is 16.7. The first-order valence-electron chi connectivity index (χ1n) is 11.4. The zero-order valence-electron chi connectivity index (χ0n) is 18.6. The molecule has 3 atom stereocenters. The fourth-order valence-electron chi connectivity index (χ4n) is 5.12. The minimum atomic E-state index is -0.320. The van der Waals surface area contributed by atoms with Crippen LogP contribution in [0.1, 0.15) is 35.6 Å². The third-order valence-corrected chi connectivity index (χ3v) is 6.78. The lowest BCUT2D eigenvalue weighted by Crippen LogP contribution is -2.43. The second kappa shape index (κ2) is 9.27. The normalized spacial score (nSPS) is 21.1. The molecular formula is C26H28N2O5. The Morgan fingerprint density at radius 3 is 2.88 bits per heavy atom. The van der Waals surface area contributed by atoms with E-state index in [0.29, 0.717) is 30.9 Å². The van der Waals surface area contributed by atoms with Crippen molar-refractivity contribution >= 4 is 23.1 Å². The molecule has 7 heteroatoms. The summed E-state index contributed by atoms with van der Waals surface area (Å²) in [5.74, 6) is 0.948. The molecule has 0 spiro atoms. The SMILES string of the molecule is COCC1C(NC(=O)CCCc2c[nH]c3ccccc23)c2cc3c(cc2C[C@H]1C=O)OCO3. The molecule has 2 heterocycles. The predicted octanol–water partition coefficient (Wildman–Crippen LogP) is 3.71. The Morgan fingerprint density at radius 2 is 2.06 bits per heavy atom. The number of benzene rings is 2. The molecule has 0 fully saturated rings. The molecule has 33 heavy (non-hydrogen) atoms. The highest BCUT2D eigenvalue weighted by molar-refractivity contribution is 5.83. The molecule has 2 aliphatic rings. The van der Waals surface area contributed by atoms with Crippen LogP contribution in [0.4, 0.5) is 0 Å². The fraction of sp³-hybridized carbons (Fsp3) is 0.385. The highest BCUT2D eigenvalue weighted by Crippen LogP contribution is 2.44. The van der Waals surface area contributed by atoms with Crippen LogP contribution >= 0.6 is 0 Å². The highest BCUT2D eigenvalue weighted by Gasteiger charge is 2.39. The van der Waals surface area contributed by atoms with E-state index >= 15 is 0 Å². The molecule has 7 nitrogen and oxygen atoms in total. The number of hydrogen-bond donors (Lipinski definition) is 2. The summed E-state index contributed by atoms with van der Waals surface area (Å²) in [7, 11) is 1.62. The van der Waals surface area contributed by atoms with Crippen LogP contribution in [0.2, 0.25) is 0 Å². The third kappa shape index (κ3) is 4.20. The first-order chi connectivity index (χ1) is 16.2. The molecular weight excluding hydrogens is 420 g/mol. The van der Waals surface area contributed by atoms with E-state index in [1.165, 1.54) is 10.9 Å².